The molecule has 120 valence electrons. The van der Waals surface area contributed by atoms with Crippen LogP contribution in [0.5, 0.6) is 0 Å². The van der Waals surface area contributed by atoms with Crippen molar-refractivity contribution >= 4 is 34.4 Å². The molecule has 1 aromatic rings. The number of alkyl halides is 3. The van der Waals surface area contributed by atoms with E-state index >= 15 is 0 Å². The summed E-state index contributed by atoms with van der Waals surface area (Å²) >= 11 is 6.36. The molecule has 3 N–H and O–H groups in total. The maximum atomic E-state index is 13.1. The van der Waals surface area contributed by atoms with Gasteiger partial charge in [0.1, 0.15) is 11.1 Å². The molecule has 0 saturated heterocycles. The Morgan fingerprint density at radius 2 is 2.14 bits per heavy atom. The normalized spacial score (nSPS) is 21.6. The average molecular weight is 356 g/mol. The van der Waals surface area contributed by atoms with E-state index in [-0.39, 0.29) is 22.3 Å². The SMILES string of the molecule is NC1=NC(C(F)(F)F)C(C(=O)NCc2cc(F)ccc2Cl)S1. The van der Waals surface area contributed by atoms with Crippen LogP contribution >= 0.6 is 23.4 Å². The number of aliphatic imine (C=N–C) groups is 1. The lowest BCUT2D eigenvalue weighted by Crippen LogP contribution is -2.44. The first-order valence-corrected chi connectivity index (χ1v) is 7.22. The predicted octanol–water partition coefficient (Wildman–Crippen LogP) is 2.46. The molecule has 22 heavy (non-hydrogen) atoms. The molecule has 1 aromatic carbocycles. The van der Waals surface area contributed by atoms with E-state index in [1.807, 2.05) is 0 Å². The molecule has 2 unspecified atom stereocenters. The van der Waals surface area contributed by atoms with E-state index in [0.717, 1.165) is 12.1 Å². The second-order valence-corrected chi connectivity index (χ2v) is 6.01. The third-order valence-corrected chi connectivity index (χ3v) is 4.30. The summed E-state index contributed by atoms with van der Waals surface area (Å²) in [6, 6.07) is 1.33. The third kappa shape index (κ3) is 3.83. The highest BCUT2D eigenvalue weighted by atomic mass is 35.5. The molecule has 0 bridgehead atoms. The van der Waals surface area contributed by atoms with Crippen molar-refractivity contribution in [2.45, 2.75) is 24.0 Å². The minimum absolute atomic E-state index is 0.197. The summed E-state index contributed by atoms with van der Waals surface area (Å²) in [5, 5.41) is 0.683. The van der Waals surface area contributed by atoms with Gasteiger partial charge in [0.15, 0.2) is 11.2 Å². The maximum Gasteiger partial charge on any atom is 0.412 e. The van der Waals surface area contributed by atoms with Crippen molar-refractivity contribution in [3.8, 4) is 0 Å². The molecule has 1 amide bonds. The first-order valence-electron chi connectivity index (χ1n) is 5.97. The zero-order valence-corrected chi connectivity index (χ0v) is 12.4. The Morgan fingerprint density at radius 3 is 2.77 bits per heavy atom. The minimum Gasteiger partial charge on any atom is -0.379 e. The summed E-state index contributed by atoms with van der Waals surface area (Å²) in [6.45, 7) is -0.197. The molecule has 4 nitrogen and oxygen atoms in total. The van der Waals surface area contributed by atoms with Gasteiger partial charge in [-0.1, -0.05) is 23.4 Å². The lowest BCUT2D eigenvalue weighted by Gasteiger charge is -2.19. The summed E-state index contributed by atoms with van der Waals surface area (Å²) in [6.07, 6.45) is -4.67. The van der Waals surface area contributed by atoms with E-state index in [1.165, 1.54) is 6.07 Å². The molecule has 0 aliphatic carbocycles. The second kappa shape index (κ2) is 6.33. The topological polar surface area (TPSA) is 67.5 Å². The van der Waals surface area contributed by atoms with Gasteiger partial charge in [-0.25, -0.2) is 9.38 Å². The van der Waals surface area contributed by atoms with Crippen molar-refractivity contribution in [1.29, 1.82) is 0 Å². The molecule has 0 aromatic heterocycles. The lowest BCUT2D eigenvalue weighted by molar-refractivity contribution is -0.151. The van der Waals surface area contributed by atoms with Gasteiger partial charge in [-0.3, -0.25) is 4.79 Å². The number of benzene rings is 1. The Bertz CT molecular complexity index is 623. The Morgan fingerprint density at radius 1 is 1.45 bits per heavy atom. The smallest absolute Gasteiger partial charge is 0.379 e. The van der Waals surface area contributed by atoms with Crippen LogP contribution in [-0.2, 0) is 11.3 Å². The summed E-state index contributed by atoms with van der Waals surface area (Å²) < 4.78 is 51.5. The number of hydrogen-bond donors (Lipinski definition) is 2. The van der Waals surface area contributed by atoms with Crippen LogP contribution in [-0.4, -0.2) is 28.5 Å². The second-order valence-electron chi connectivity index (χ2n) is 4.45. The van der Waals surface area contributed by atoms with Gasteiger partial charge in [0.25, 0.3) is 0 Å². The third-order valence-electron chi connectivity index (χ3n) is 2.86. The van der Waals surface area contributed by atoms with Crippen molar-refractivity contribution in [3.63, 3.8) is 0 Å². The fraction of sp³-hybridized carbons (Fsp3) is 0.333. The number of rotatable bonds is 3. The van der Waals surface area contributed by atoms with Gasteiger partial charge in [-0.15, -0.1) is 0 Å². The van der Waals surface area contributed by atoms with E-state index < -0.39 is 29.2 Å². The summed E-state index contributed by atoms with van der Waals surface area (Å²) in [5.74, 6) is -1.46. The molecule has 0 spiro atoms. The fourth-order valence-corrected chi connectivity index (χ4v) is 2.99. The van der Waals surface area contributed by atoms with Gasteiger partial charge < -0.3 is 11.1 Å². The summed E-state index contributed by atoms with van der Waals surface area (Å²) in [5.41, 5.74) is 5.52. The Kier molecular flexibility index (Phi) is 4.86. The molecule has 1 aliphatic heterocycles. The van der Waals surface area contributed by atoms with E-state index in [1.54, 1.807) is 0 Å². The van der Waals surface area contributed by atoms with E-state index in [9.17, 15) is 22.4 Å². The number of nitrogens with one attached hydrogen (secondary N) is 1. The average Bonchev–Trinajstić information content (AvgIpc) is 2.82. The summed E-state index contributed by atoms with van der Waals surface area (Å²) in [4.78, 5) is 15.2. The van der Waals surface area contributed by atoms with Gasteiger partial charge in [-0.05, 0) is 23.8 Å². The van der Waals surface area contributed by atoms with E-state index in [4.69, 9.17) is 17.3 Å². The van der Waals surface area contributed by atoms with Crippen LogP contribution in [0.3, 0.4) is 0 Å². The molecule has 0 saturated carbocycles. The highest BCUT2D eigenvalue weighted by molar-refractivity contribution is 8.15. The highest BCUT2D eigenvalue weighted by Crippen LogP contribution is 2.36. The molecule has 2 rings (SSSR count). The zero-order chi connectivity index (χ0) is 16.5. The maximum absolute atomic E-state index is 13.1. The van der Waals surface area contributed by atoms with Gasteiger partial charge in [0.2, 0.25) is 5.91 Å². The van der Waals surface area contributed by atoms with Crippen molar-refractivity contribution in [1.82, 2.24) is 5.32 Å². The van der Waals surface area contributed by atoms with Gasteiger partial charge >= 0.3 is 6.18 Å². The van der Waals surface area contributed by atoms with Crippen molar-refractivity contribution < 1.29 is 22.4 Å². The van der Waals surface area contributed by atoms with Crippen LogP contribution in [0.2, 0.25) is 5.02 Å². The monoisotopic (exact) mass is 355 g/mol. The molecule has 2 atom stereocenters. The van der Waals surface area contributed by atoms with Crippen LogP contribution in [0.15, 0.2) is 23.2 Å². The number of amidine groups is 1. The minimum atomic E-state index is -4.67. The molecule has 0 radical (unpaired) electrons. The number of nitrogens with two attached hydrogens (primary N) is 1. The number of thioether (sulfide) groups is 1. The van der Waals surface area contributed by atoms with E-state index in [0.29, 0.717) is 11.8 Å². The van der Waals surface area contributed by atoms with Crippen LogP contribution in [0.1, 0.15) is 5.56 Å². The largest absolute Gasteiger partial charge is 0.412 e. The van der Waals surface area contributed by atoms with Crippen LogP contribution < -0.4 is 11.1 Å². The Labute approximate surface area is 132 Å². The number of halogens is 5. The quantitative estimate of drug-likeness (QED) is 0.818. The molecule has 1 aliphatic rings. The number of carbonyl (C=O) groups excluding carboxylic acids is 1. The number of hydrogen-bond acceptors (Lipinski definition) is 4. The molecule has 10 heteroatoms. The Hall–Kier alpha value is -1.48. The number of carbonyl (C=O) groups is 1. The Balaban J connectivity index is 2.05. The standard InChI is InChI=1S/C12H10ClF4N3OS/c13-7-2-1-6(14)3-5(7)4-19-10(21)8-9(12(15,16)17)20-11(18)22-8/h1-3,8-9H,4H2,(H2,18,20)(H,19,21). The van der Waals surface area contributed by atoms with Gasteiger partial charge in [0, 0.05) is 11.6 Å². The lowest BCUT2D eigenvalue weighted by atomic mass is 10.1. The van der Waals surface area contributed by atoms with Crippen LogP contribution in [0, 0.1) is 5.82 Å². The molecule has 1 heterocycles. The molecule has 0 fully saturated rings. The first-order chi connectivity index (χ1) is 10.2. The first kappa shape index (κ1) is 16.9. The van der Waals surface area contributed by atoms with E-state index in [2.05, 4.69) is 10.3 Å². The number of amides is 1. The molecular weight excluding hydrogens is 346 g/mol. The van der Waals surface area contributed by atoms with Crippen LogP contribution in [0.25, 0.3) is 0 Å². The zero-order valence-electron chi connectivity index (χ0n) is 10.8. The number of nitrogens with zero attached hydrogens (tertiary/aromatic N) is 1. The van der Waals surface area contributed by atoms with Gasteiger partial charge in [-0.2, -0.15) is 13.2 Å². The van der Waals surface area contributed by atoms with Crippen molar-refractivity contribution in [2.75, 3.05) is 0 Å². The van der Waals surface area contributed by atoms with Crippen LogP contribution in [0.4, 0.5) is 17.6 Å². The van der Waals surface area contributed by atoms with Crippen molar-refractivity contribution in [2.24, 2.45) is 10.7 Å². The fourth-order valence-electron chi connectivity index (χ4n) is 1.83. The highest BCUT2D eigenvalue weighted by Gasteiger charge is 2.51. The van der Waals surface area contributed by atoms with Gasteiger partial charge in [0.05, 0.1) is 0 Å². The molecular formula is C12H10ClF4N3OS. The summed E-state index contributed by atoms with van der Waals surface area (Å²) in [7, 11) is 0. The van der Waals surface area contributed by atoms with Crippen molar-refractivity contribution in [3.05, 3.63) is 34.6 Å². The predicted molar refractivity (Wildman–Crippen MR) is 76.1 cm³/mol.